The highest BCUT2D eigenvalue weighted by Gasteiger charge is 2.20. The van der Waals surface area contributed by atoms with Crippen molar-refractivity contribution in [2.45, 2.75) is 13.8 Å². The van der Waals surface area contributed by atoms with Crippen LogP contribution in [0.2, 0.25) is 0 Å². The van der Waals surface area contributed by atoms with Crippen molar-refractivity contribution < 1.29 is 19.1 Å². The van der Waals surface area contributed by atoms with Crippen LogP contribution in [0, 0.1) is 0 Å². The summed E-state index contributed by atoms with van der Waals surface area (Å²) < 4.78 is 4.93. The Morgan fingerprint density at radius 1 is 1.03 bits per heavy atom. The number of nitrogens with one attached hydrogen (secondary N) is 1. The second-order valence-electron chi connectivity index (χ2n) is 6.50. The Labute approximate surface area is 168 Å². The number of esters is 1. The lowest BCUT2D eigenvalue weighted by molar-refractivity contribution is -0.129. The van der Waals surface area contributed by atoms with Gasteiger partial charge in [0.1, 0.15) is 11.5 Å². The number of carbonyl (C=O) groups excluding carboxylic acids is 3. The molecule has 152 valence electrons. The lowest BCUT2D eigenvalue weighted by Gasteiger charge is -2.34. The van der Waals surface area contributed by atoms with E-state index in [1.807, 2.05) is 4.90 Å². The fraction of sp³-hybridized carbons (Fsp3) is 0.350. The third-order valence-electron chi connectivity index (χ3n) is 4.57. The second-order valence-corrected chi connectivity index (χ2v) is 6.50. The molecule has 2 aromatic rings. The van der Waals surface area contributed by atoms with E-state index in [0.717, 1.165) is 0 Å². The molecule has 0 saturated carbocycles. The van der Waals surface area contributed by atoms with Gasteiger partial charge < -0.3 is 19.9 Å². The Hall–Kier alpha value is -3.49. The van der Waals surface area contributed by atoms with Crippen LogP contribution in [-0.4, -0.2) is 65.4 Å². The normalized spacial score (nSPS) is 13.7. The SMILES string of the molecule is CCOC(=O)c1ccc(NC(=O)c2cnc(N3CCN(C(C)=O)CC3)cn2)cc1. The Morgan fingerprint density at radius 2 is 1.72 bits per heavy atom. The van der Waals surface area contributed by atoms with Gasteiger partial charge in [0.05, 0.1) is 24.6 Å². The number of amides is 2. The summed E-state index contributed by atoms with van der Waals surface area (Å²) in [5.41, 5.74) is 1.14. The van der Waals surface area contributed by atoms with E-state index >= 15 is 0 Å². The van der Waals surface area contributed by atoms with Gasteiger partial charge in [-0.3, -0.25) is 9.59 Å². The second kappa shape index (κ2) is 9.13. The summed E-state index contributed by atoms with van der Waals surface area (Å²) in [5, 5.41) is 2.72. The van der Waals surface area contributed by atoms with E-state index in [0.29, 0.717) is 49.9 Å². The molecule has 0 aliphatic carbocycles. The third-order valence-corrected chi connectivity index (χ3v) is 4.57. The van der Waals surface area contributed by atoms with Crippen LogP contribution < -0.4 is 10.2 Å². The van der Waals surface area contributed by atoms with Crippen molar-refractivity contribution in [3.63, 3.8) is 0 Å². The first kappa shape index (κ1) is 20.2. The van der Waals surface area contributed by atoms with E-state index in [1.54, 1.807) is 49.2 Å². The van der Waals surface area contributed by atoms with Crippen molar-refractivity contribution in [1.82, 2.24) is 14.9 Å². The van der Waals surface area contributed by atoms with Gasteiger partial charge in [-0.2, -0.15) is 0 Å². The maximum Gasteiger partial charge on any atom is 0.338 e. The molecular formula is C20H23N5O4. The van der Waals surface area contributed by atoms with Crippen molar-refractivity contribution in [2.24, 2.45) is 0 Å². The molecule has 3 rings (SSSR count). The summed E-state index contributed by atoms with van der Waals surface area (Å²) in [6.45, 7) is 6.23. The predicted octanol–water partition coefficient (Wildman–Crippen LogP) is 1.57. The van der Waals surface area contributed by atoms with Crippen LogP contribution in [0.3, 0.4) is 0 Å². The molecule has 9 heteroatoms. The largest absolute Gasteiger partial charge is 0.462 e. The molecule has 29 heavy (non-hydrogen) atoms. The van der Waals surface area contributed by atoms with E-state index in [4.69, 9.17) is 4.74 Å². The van der Waals surface area contributed by atoms with E-state index in [-0.39, 0.29) is 11.6 Å². The average molecular weight is 397 g/mol. The number of rotatable bonds is 5. The number of anilines is 2. The first-order valence-corrected chi connectivity index (χ1v) is 9.39. The topological polar surface area (TPSA) is 105 Å². The Balaban J connectivity index is 1.58. The maximum absolute atomic E-state index is 12.4. The summed E-state index contributed by atoms with van der Waals surface area (Å²) in [5.74, 6) is -0.0631. The molecule has 9 nitrogen and oxygen atoms in total. The van der Waals surface area contributed by atoms with E-state index < -0.39 is 11.9 Å². The fourth-order valence-corrected chi connectivity index (χ4v) is 2.95. The number of ether oxygens (including phenoxy) is 1. The standard InChI is InChI=1S/C20H23N5O4/c1-3-29-20(28)15-4-6-16(7-5-15)23-19(27)17-12-22-18(13-21-17)25-10-8-24(9-11-25)14(2)26/h4-7,12-13H,3,8-11H2,1-2H3,(H,23,27). The van der Waals surface area contributed by atoms with E-state index in [1.165, 1.54) is 6.20 Å². The molecule has 1 aliphatic rings. The van der Waals surface area contributed by atoms with E-state index in [9.17, 15) is 14.4 Å². The number of benzene rings is 1. The van der Waals surface area contributed by atoms with Gasteiger partial charge in [0, 0.05) is 38.8 Å². The molecule has 0 bridgehead atoms. The summed E-state index contributed by atoms with van der Waals surface area (Å²) in [6, 6.07) is 6.42. The highest BCUT2D eigenvalue weighted by atomic mass is 16.5. The van der Waals surface area contributed by atoms with Gasteiger partial charge in [-0.25, -0.2) is 14.8 Å². The Kier molecular flexibility index (Phi) is 6.38. The Morgan fingerprint density at radius 3 is 2.28 bits per heavy atom. The predicted molar refractivity (Wildman–Crippen MR) is 107 cm³/mol. The van der Waals surface area contributed by atoms with Crippen molar-refractivity contribution >= 4 is 29.3 Å². The van der Waals surface area contributed by atoms with Crippen LogP contribution in [0.4, 0.5) is 11.5 Å². The highest BCUT2D eigenvalue weighted by Crippen LogP contribution is 2.14. The molecule has 1 aromatic carbocycles. The molecule has 1 fully saturated rings. The first-order chi connectivity index (χ1) is 14.0. The molecule has 1 aliphatic heterocycles. The molecule has 0 unspecified atom stereocenters. The number of aromatic nitrogens is 2. The third kappa shape index (κ3) is 5.07. The monoisotopic (exact) mass is 397 g/mol. The lowest BCUT2D eigenvalue weighted by Crippen LogP contribution is -2.48. The Bertz CT molecular complexity index is 875. The summed E-state index contributed by atoms with van der Waals surface area (Å²) in [7, 11) is 0. The molecule has 0 spiro atoms. The summed E-state index contributed by atoms with van der Waals surface area (Å²) in [6.07, 6.45) is 2.98. The smallest absolute Gasteiger partial charge is 0.338 e. The van der Waals surface area contributed by atoms with Crippen molar-refractivity contribution in [3.05, 3.63) is 47.9 Å². The van der Waals surface area contributed by atoms with Gasteiger partial charge in [0.25, 0.3) is 5.91 Å². The number of piperazine rings is 1. The zero-order chi connectivity index (χ0) is 20.8. The minimum Gasteiger partial charge on any atom is -0.462 e. The molecule has 2 heterocycles. The first-order valence-electron chi connectivity index (χ1n) is 9.39. The number of nitrogens with zero attached hydrogens (tertiary/aromatic N) is 4. The van der Waals surface area contributed by atoms with Crippen molar-refractivity contribution in [3.8, 4) is 0 Å². The van der Waals surface area contributed by atoms with Gasteiger partial charge >= 0.3 is 5.97 Å². The van der Waals surface area contributed by atoms with E-state index in [2.05, 4.69) is 15.3 Å². The minimum absolute atomic E-state index is 0.0676. The zero-order valence-corrected chi connectivity index (χ0v) is 16.4. The maximum atomic E-state index is 12.4. The summed E-state index contributed by atoms with van der Waals surface area (Å²) >= 11 is 0. The van der Waals surface area contributed by atoms with Gasteiger partial charge in [-0.15, -0.1) is 0 Å². The minimum atomic E-state index is -0.407. The number of hydrogen-bond acceptors (Lipinski definition) is 7. The van der Waals surface area contributed by atoms with Gasteiger partial charge in [-0.05, 0) is 31.2 Å². The molecule has 1 aromatic heterocycles. The lowest BCUT2D eigenvalue weighted by atomic mass is 10.2. The van der Waals surface area contributed by atoms with Crippen molar-refractivity contribution in [1.29, 1.82) is 0 Å². The number of hydrogen-bond donors (Lipinski definition) is 1. The fourth-order valence-electron chi connectivity index (χ4n) is 2.95. The molecule has 1 saturated heterocycles. The van der Waals surface area contributed by atoms with Crippen LogP contribution in [0.1, 0.15) is 34.7 Å². The number of carbonyl (C=O) groups is 3. The van der Waals surface area contributed by atoms with Crippen LogP contribution in [-0.2, 0) is 9.53 Å². The van der Waals surface area contributed by atoms with Gasteiger partial charge in [0.2, 0.25) is 5.91 Å². The van der Waals surface area contributed by atoms with Gasteiger partial charge in [-0.1, -0.05) is 0 Å². The quantitative estimate of drug-likeness (QED) is 0.764. The van der Waals surface area contributed by atoms with Gasteiger partial charge in [0.15, 0.2) is 0 Å². The zero-order valence-electron chi connectivity index (χ0n) is 16.4. The average Bonchev–Trinajstić information content (AvgIpc) is 2.74. The van der Waals surface area contributed by atoms with Crippen LogP contribution >= 0.6 is 0 Å². The molecular weight excluding hydrogens is 374 g/mol. The van der Waals surface area contributed by atoms with Crippen LogP contribution in [0.15, 0.2) is 36.7 Å². The molecule has 0 radical (unpaired) electrons. The van der Waals surface area contributed by atoms with Crippen LogP contribution in [0.5, 0.6) is 0 Å². The summed E-state index contributed by atoms with van der Waals surface area (Å²) in [4.78, 5) is 47.8. The molecule has 0 atom stereocenters. The van der Waals surface area contributed by atoms with Crippen LogP contribution in [0.25, 0.3) is 0 Å². The highest BCUT2D eigenvalue weighted by molar-refractivity contribution is 6.03. The van der Waals surface area contributed by atoms with Crippen molar-refractivity contribution in [2.75, 3.05) is 43.0 Å². The molecule has 1 N–H and O–H groups in total. The molecule has 2 amide bonds.